The van der Waals surface area contributed by atoms with Crippen LogP contribution < -0.4 is 15.2 Å². The molecule has 0 aliphatic carbocycles. The first-order valence-electron chi connectivity index (χ1n) is 9.37. The van der Waals surface area contributed by atoms with Gasteiger partial charge in [0.1, 0.15) is 5.75 Å². The van der Waals surface area contributed by atoms with Gasteiger partial charge >= 0.3 is 0 Å². The Balaban J connectivity index is 1.80. The fourth-order valence-corrected chi connectivity index (χ4v) is 3.49. The summed E-state index contributed by atoms with van der Waals surface area (Å²) in [6.07, 6.45) is 0. The highest BCUT2D eigenvalue weighted by molar-refractivity contribution is 6.30. The summed E-state index contributed by atoms with van der Waals surface area (Å²) in [5.41, 5.74) is 2.47. The minimum absolute atomic E-state index is 0.193. The lowest BCUT2D eigenvalue weighted by Gasteiger charge is -2.24. The maximum atomic E-state index is 13.4. The Bertz CT molecular complexity index is 1250. The van der Waals surface area contributed by atoms with Crippen molar-refractivity contribution in [3.05, 3.63) is 105 Å². The van der Waals surface area contributed by atoms with E-state index in [4.69, 9.17) is 16.3 Å². The van der Waals surface area contributed by atoms with Crippen LogP contribution in [-0.2, 0) is 6.54 Å². The van der Waals surface area contributed by atoms with Crippen molar-refractivity contribution < 1.29 is 9.53 Å². The van der Waals surface area contributed by atoms with E-state index in [1.54, 1.807) is 48.4 Å². The minimum atomic E-state index is -0.211. The van der Waals surface area contributed by atoms with Crippen molar-refractivity contribution in [2.24, 2.45) is 0 Å². The van der Waals surface area contributed by atoms with E-state index in [2.05, 4.69) is 4.98 Å². The molecule has 5 nitrogen and oxygen atoms in total. The normalized spacial score (nSPS) is 10.7. The Morgan fingerprint density at radius 2 is 1.70 bits per heavy atom. The molecule has 0 saturated carbocycles. The van der Waals surface area contributed by atoms with Gasteiger partial charge in [-0.1, -0.05) is 29.8 Å². The predicted octanol–water partition coefficient (Wildman–Crippen LogP) is 5.04. The Morgan fingerprint density at radius 1 is 1.00 bits per heavy atom. The molecule has 30 heavy (non-hydrogen) atoms. The van der Waals surface area contributed by atoms with E-state index in [0.29, 0.717) is 22.0 Å². The lowest BCUT2D eigenvalue weighted by molar-refractivity contribution is 0.0985. The van der Waals surface area contributed by atoms with Gasteiger partial charge in [-0.3, -0.25) is 9.59 Å². The van der Waals surface area contributed by atoms with Crippen LogP contribution in [0.4, 0.5) is 5.69 Å². The van der Waals surface area contributed by atoms with Gasteiger partial charge in [-0.25, -0.2) is 0 Å². The molecular weight excluding hydrogens is 400 g/mol. The highest BCUT2D eigenvalue weighted by Gasteiger charge is 2.20. The summed E-state index contributed by atoms with van der Waals surface area (Å²) in [4.78, 5) is 30.1. The number of amides is 1. The van der Waals surface area contributed by atoms with E-state index in [1.165, 1.54) is 6.07 Å². The number of ether oxygens (including phenoxy) is 1. The van der Waals surface area contributed by atoms with Crippen molar-refractivity contribution in [2.75, 3.05) is 12.0 Å². The third-order valence-electron chi connectivity index (χ3n) is 4.89. The van der Waals surface area contributed by atoms with Crippen LogP contribution in [0.2, 0.25) is 5.02 Å². The van der Waals surface area contributed by atoms with E-state index < -0.39 is 0 Å². The number of methoxy groups -OCH3 is 1. The maximum Gasteiger partial charge on any atom is 0.258 e. The lowest BCUT2D eigenvalue weighted by Crippen LogP contribution is -2.31. The van der Waals surface area contributed by atoms with Crippen LogP contribution in [0, 0.1) is 0 Å². The number of hydrogen-bond acceptors (Lipinski definition) is 3. The molecular formula is C24H19ClN2O3. The zero-order valence-electron chi connectivity index (χ0n) is 16.3. The summed E-state index contributed by atoms with van der Waals surface area (Å²) in [5, 5.41) is 1.45. The molecule has 1 aromatic heterocycles. The molecule has 150 valence electrons. The van der Waals surface area contributed by atoms with Crippen LogP contribution in [0.15, 0.2) is 83.7 Å². The number of carbonyl (C=O) groups excluding carboxylic acids is 1. The Labute approximate surface area is 178 Å². The Kier molecular flexibility index (Phi) is 5.55. The average Bonchev–Trinajstić information content (AvgIpc) is 2.77. The number of nitrogens with zero attached hydrogens (tertiary/aromatic N) is 1. The zero-order chi connectivity index (χ0) is 21.1. The fourth-order valence-electron chi connectivity index (χ4n) is 3.37. The molecule has 0 saturated heterocycles. The molecule has 1 amide bonds. The zero-order valence-corrected chi connectivity index (χ0v) is 17.0. The fraction of sp³-hybridized carbons (Fsp3) is 0.0833. The monoisotopic (exact) mass is 418 g/mol. The second-order valence-corrected chi connectivity index (χ2v) is 7.24. The van der Waals surface area contributed by atoms with Gasteiger partial charge in [0.05, 0.1) is 13.7 Å². The van der Waals surface area contributed by atoms with Gasteiger partial charge < -0.3 is 14.6 Å². The highest BCUT2D eigenvalue weighted by atomic mass is 35.5. The van der Waals surface area contributed by atoms with E-state index in [-0.39, 0.29) is 18.0 Å². The van der Waals surface area contributed by atoms with Gasteiger partial charge in [0.15, 0.2) is 0 Å². The van der Waals surface area contributed by atoms with Gasteiger partial charge in [0.2, 0.25) is 5.56 Å². The van der Waals surface area contributed by atoms with E-state index in [9.17, 15) is 9.59 Å². The van der Waals surface area contributed by atoms with Gasteiger partial charge in [-0.2, -0.15) is 0 Å². The molecule has 0 bridgehead atoms. The largest absolute Gasteiger partial charge is 0.497 e. The lowest BCUT2D eigenvalue weighted by atomic mass is 10.1. The number of para-hydroxylation sites is 1. The summed E-state index contributed by atoms with van der Waals surface area (Å²) in [7, 11) is 1.59. The number of pyridine rings is 1. The number of rotatable bonds is 5. The summed E-state index contributed by atoms with van der Waals surface area (Å²) < 4.78 is 5.24. The van der Waals surface area contributed by atoms with Crippen LogP contribution in [0.3, 0.4) is 0 Å². The third kappa shape index (κ3) is 4.07. The molecule has 1 N–H and O–H groups in total. The van der Waals surface area contributed by atoms with Gasteiger partial charge in [0, 0.05) is 33.2 Å². The van der Waals surface area contributed by atoms with Crippen molar-refractivity contribution >= 4 is 34.1 Å². The van der Waals surface area contributed by atoms with Crippen molar-refractivity contribution in [3.63, 3.8) is 0 Å². The topological polar surface area (TPSA) is 62.4 Å². The smallest absolute Gasteiger partial charge is 0.258 e. The number of carbonyl (C=O) groups is 1. The molecule has 0 radical (unpaired) electrons. The number of halogens is 1. The quantitative estimate of drug-likeness (QED) is 0.494. The number of aromatic amines is 1. The predicted molar refractivity (Wildman–Crippen MR) is 120 cm³/mol. The molecule has 0 fully saturated rings. The summed E-state index contributed by atoms with van der Waals surface area (Å²) in [6.45, 7) is 0.234. The first kappa shape index (κ1) is 19.7. The molecule has 0 spiro atoms. The molecule has 4 aromatic rings. The Morgan fingerprint density at radius 3 is 2.40 bits per heavy atom. The molecule has 0 aliphatic rings. The molecule has 4 rings (SSSR count). The first-order chi connectivity index (χ1) is 14.5. The summed E-state index contributed by atoms with van der Waals surface area (Å²) >= 11 is 5.98. The van der Waals surface area contributed by atoms with Crippen LogP contribution >= 0.6 is 11.6 Å². The molecule has 0 unspecified atom stereocenters. The second kappa shape index (κ2) is 8.43. The molecule has 6 heteroatoms. The highest BCUT2D eigenvalue weighted by Crippen LogP contribution is 2.25. The SMILES string of the molecule is COc1ccc(N(Cc2cc(=O)[nH]c3ccccc23)C(=O)c2ccc(Cl)cc2)cc1. The number of anilines is 1. The molecule has 0 atom stereocenters. The van der Waals surface area contributed by atoms with Gasteiger partial charge in [-0.15, -0.1) is 0 Å². The minimum Gasteiger partial charge on any atom is -0.497 e. The van der Waals surface area contributed by atoms with E-state index in [0.717, 1.165) is 16.5 Å². The molecule has 1 heterocycles. The Hall–Kier alpha value is -3.57. The standard InChI is InChI=1S/C24H19ClN2O3/c1-30-20-12-10-19(11-13-20)27(24(29)16-6-8-18(25)9-7-16)15-17-14-23(28)26-22-5-3-2-4-21(17)22/h2-14H,15H2,1H3,(H,26,28). The number of H-pyrrole nitrogens is 1. The number of benzene rings is 3. The average molecular weight is 419 g/mol. The van der Waals surface area contributed by atoms with Crippen LogP contribution in [0.25, 0.3) is 10.9 Å². The number of hydrogen-bond donors (Lipinski definition) is 1. The third-order valence-corrected chi connectivity index (χ3v) is 5.14. The second-order valence-electron chi connectivity index (χ2n) is 6.80. The van der Waals surface area contributed by atoms with Crippen molar-refractivity contribution in [2.45, 2.75) is 6.54 Å². The number of aromatic nitrogens is 1. The number of nitrogens with one attached hydrogen (secondary N) is 1. The van der Waals surface area contributed by atoms with Crippen molar-refractivity contribution in [1.29, 1.82) is 0 Å². The van der Waals surface area contributed by atoms with Crippen LogP contribution in [-0.4, -0.2) is 18.0 Å². The van der Waals surface area contributed by atoms with E-state index >= 15 is 0 Å². The summed E-state index contributed by atoms with van der Waals surface area (Å²) in [5.74, 6) is 0.500. The van der Waals surface area contributed by atoms with Crippen LogP contribution in [0.5, 0.6) is 5.75 Å². The van der Waals surface area contributed by atoms with Crippen molar-refractivity contribution in [3.8, 4) is 5.75 Å². The molecule has 3 aromatic carbocycles. The molecule has 0 aliphatic heterocycles. The maximum absolute atomic E-state index is 13.4. The van der Waals surface area contributed by atoms with Gasteiger partial charge in [0.25, 0.3) is 5.91 Å². The van der Waals surface area contributed by atoms with Gasteiger partial charge in [-0.05, 0) is 60.2 Å². The summed E-state index contributed by atoms with van der Waals surface area (Å²) in [6, 6.07) is 23.1. The van der Waals surface area contributed by atoms with Crippen molar-refractivity contribution in [1.82, 2.24) is 4.98 Å². The van der Waals surface area contributed by atoms with E-state index in [1.807, 2.05) is 36.4 Å². The number of fused-ring (bicyclic) bond motifs is 1. The first-order valence-corrected chi connectivity index (χ1v) is 9.75. The van der Waals surface area contributed by atoms with Crippen LogP contribution in [0.1, 0.15) is 15.9 Å².